The zero-order valence-corrected chi connectivity index (χ0v) is 16.0. The van der Waals surface area contributed by atoms with Crippen LogP contribution in [0.15, 0.2) is 18.2 Å². The number of carboxylic acid groups (broad SMARTS) is 1. The zero-order valence-electron chi connectivity index (χ0n) is 15.2. The van der Waals surface area contributed by atoms with Gasteiger partial charge in [0.15, 0.2) is 11.5 Å². The molecule has 0 saturated carbocycles. The minimum atomic E-state index is -0.992. The molecule has 0 aliphatic carbocycles. The number of carboxylic acids is 1. The molecule has 0 radical (unpaired) electrons. The topological polar surface area (TPSA) is 74.2 Å². The second-order valence-corrected chi connectivity index (χ2v) is 7.44. The fraction of sp³-hybridized carbons (Fsp3) is 0.611. The monoisotopic (exact) mass is 370 g/mol. The summed E-state index contributed by atoms with van der Waals surface area (Å²) in [5.41, 5.74) is 0.749. The van der Waals surface area contributed by atoms with E-state index >= 15 is 0 Å². The van der Waals surface area contributed by atoms with Gasteiger partial charge < -0.3 is 24.1 Å². The van der Waals surface area contributed by atoms with Crippen LogP contribution in [-0.2, 0) is 20.1 Å². The average molecular weight is 370 g/mol. The number of methoxy groups -OCH3 is 2. The summed E-state index contributed by atoms with van der Waals surface area (Å²) in [4.78, 5) is 10.9. The van der Waals surface area contributed by atoms with Crippen LogP contribution in [0.25, 0.3) is 0 Å². The fourth-order valence-electron chi connectivity index (χ4n) is 2.55. The lowest BCUT2D eigenvalue weighted by atomic mass is 9.88. The molecular weight excluding hydrogens is 344 g/mol. The lowest BCUT2D eigenvalue weighted by Crippen LogP contribution is -2.48. The summed E-state index contributed by atoms with van der Waals surface area (Å²) in [7, 11) is 3.15. The van der Waals surface area contributed by atoms with E-state index in [1.54, 1.807) is 20.3 Å². The normalized spacial score (nSPS) is 26.2. The van der Waals surface area contributed by atoms with E-state index in [0.29, 0.717) is 30.5 Å². The van der Waals surface area contributed by atoms with E-state index in [2.05, 4.69) is 13.8 Å². The molecule has 1 aliphatic rings. The molecule has 1 aromatic rings. The van der Waals surface area contributed by atoms with Crippen LogP contribution in [0.2, 0.25) is 0 Å². The average Bonchev–Trinajstić information content (AvgIpc) is 2.62. The van der Waals surface area contributed by atoms with Crippen molar-refractivity contribution >= 4 is 17.7 Å². The van der Waals surface area contributed by atoms with E-state index in [4.69, 9.17) is 24.1 Å². The van der Waals surface area contributed by atoms with Crippen molar-refractivity contribution in [2.45, 2.75) is 26.1 Å². The molecule has 0 spiro atoms. The molecule has 1 heterocycles. The smallest absolute Gasteiger partial charge is 0.313 e. The highest BCUT2D eigenvalue weighted by atomic mass is 32.2. The summed E-state index contributed by atoms with van der Waals surface area (Å²) < 4.78 is 23.0. The maximum absolute atomic E-state index is 10.9. The second kappa shape index (κ2) is 8.29. The van der Waals surface area contributed by atoms with Gasteiger partial charge in [-0.3, -0.25) is 4.79 Å². The highest BCUT2D eigenvalue weighted by Gasteiger charge is 2.43. The summed E-state index contributed by atoms with van der Waals surface area (Å²) in [5, 5.41) is 8.93. The maximum atomic E-state index is 10.9. The summed E-state index contributed by atoms with van der Waals surface area (Å²) >= 11 is 1.27. The first-order valence-corrected chi connectivity index (χ1v) is 9.33. The standard InChI is InChI=1S/C18H26O6S/c1-5-17(2)10-23-18(24-11-17,12-25-9-16(19)20)13-6-7-14(21-3)15(8-13)22-4/h6-8H,5,9-12H2,1-4H3,(H,19,20). The molecule has 1 saturated heterocycles. The van der Waals surface area contributed by atoms with E-state index in [0.717, 1.165) is 12.0 Å². The number of hydrogen-bond acceptors (Lipinski definition) is 6. The molecule has 25 heavy (non-hydrogen) atoms. The van der Waals surface area contributed by atoms with Crippen LogP contribution in [0, 0.1) is 5.41 Å². The Morgan fingerprint density at radius 2 is 1.88 bits per heavy atom. The van der Waals surface area contributed by atoms with E-state index in [1.165, 1.54) is 11.8 Å². The third-order valence-electron chi connectivity index (χ3n) is 4.50. The first-order chi connectivity index (χ1) is 11.9. The summed E-state index contributed by atoms with van der Waals surface area (Å²) in [6.07, 6.45) is 0.942. The lowest BCUT2D eigenvalue weighted by molar-refractivity contribution is -0.298. The number of hydrogen-bond donors (Lipinski definition) is 1. The van der Waals surface area contributed by atoms with Gasteiger partial charge in [-0.05, 0) is 24.6 Å². The fourth-order valence-corrected chi connectivity index (χ4v) is 3.43. The number of aliphatic carboxylic acids is 1. The molecule has 0 unspecified atom stereocenters. The molecule has 2 rings (SSSR count). The van der Waals surface area contributed by atoms with Crippen LogP contribution < -0.4 is 9.47 Å². The van der Waals surface area contributed by atoms with Gasteiger partial charge in [-0.25, -0.2) is 0 Å². The first kappa shape index (κ1) is 19.9. The first-order valence-electron chi connectivity index (χ1n) is 8.18. The predicted octanol–water partition coefficient (Wildman–Crippen LogP) is 3.14. The van der Waals surface area contributed by atoms with Gasteiger partial charge in [0.1, 0.15) is 0 Å². The van der Waals surface area contributed by atoms with Crippen molar-refractivity contribution in [3.8, 4) is 11.5 Å². The SMILES string of the molecule is CCC1(C)COC(CSCC(=O)O)(c2ccc(OC)c(OC)c2)OC1. The zero-order chi connectivity index (χ0) is 18.5. The van der Waals surface area contributed by atoms with Crippen molar-refractivity contribution in [2.24, 2.45) is 5.41 Å². The van der Waals surface area contributed by atoms with Crippen molar-refractivity contribution in [1.82, 2.24) is 0 Å². The van der Waals surface area contributed by atoms with Crippen LogP contribution >= 0.6 is 11.8 Å². The molecule has 1 aliphatic heterocycles. The van der Waals surface area contributed by atoms with Crippen LogP contribution in [0.4, 0.5) is 0 Å². The Labute approximate surface area is 152 Å². The van der Waals surface area contributed by atoms with Gasteiger partial charge in [0.25, 0.3) is 0 Å². The Balaban J connectivity index is 2.30. The Morgan fingerprint density at radius 3 is 2.40 bits per heavy atom. The molecule has 1 N–H and O–H groups in total. The van der Waals surface area contributed by atoms with Crippen molar-refractivity contribution < 1.29 is 28.8 Å². The number of rotatable bonds is 8. The summed E-state index contributed by atoms with van der Waals surface area (Å²) in [6.45, 7) is 5.32. The highest BCUT2D eigenvalue weighted by Crippen LogP contribution is 2.42. The quantitative estimate of drug-likeness (QED) is 0.753. The molecule has 7 heteroatoms. The van der Waals surface area contributed by atoms with E-state index in [1.807, 2.05) is 12.1 Å². The van der Waals surface area contributed by atoms with Crippen LogP contribution in [0.5, 0.6) is 11.5 Å². The number of benzene rings is 1. The Hall–Kier alpha value is -1.44. The minimum Gasteiger partial charge on any atom is -0.493 e. The van der Waals surface area contributed by atoms with Crippen molar-refractivity contribution in [1.29, 1.82) is 0 Å². The van der Waals surface area contributed by atoms with Crippen LogP contribution in [-0.4, -0.2) is 50.0 Å². The van der Waals surface area contributed by atoms with Gasteiger partial charge in [0, 0.05) is 11.0 Å². The van der Waals surface area contributed by atoms with Gasteiger partial charge >= 0.3 is 5.97 Å². The Kier molecular flexibility index (Phi) is 6.59. The van der Waals surface area contributed by atoms with Crippen molar-refractivity contribution in [3.63, 3.8) is 0 Å². The molecule has 140 valence electrons. The minimum absolute atomic E-state index is 0.00714. The molecule has 1 aromatic carbocycles. The maximum Gasteiger partial charge on any atom is 0.313 e. The van der Waals surface area contributed by atoms with E-state index < -0.39 is 11.8 Å². The molecular formula is C18H26O6S. The third kappa shape index (κ3) is 4.59. The lowest BCUT2D eigenvalue weighted by Gasteiger charge is -2.44. The Morgan fingerprint density at radius 1 is 1.24 bits per heavy atom. The number of thioether (sulfide) groups is 1. The summed E-state index contributed by atoms with van der Waals surface area (Å²) in [5.74, 6) is -0.274. The van der Waals surface area contributed by atoms with Crippen LogP contribution in [0.3, 0.4) is 0 Å². The molecule has 0 aromatic heterocycles. The van der Waals surface area contributed by atoms with Crippen LogP contribution in [0.1, 0.15) is 25.8 Å². The van der Waals surface area contributed by atoms with Gasteiger partial charge in [-0.2, -0.15) is 0 Å². The van der Waals surface area contributed by atoms with Crippen molar-refractivity contribution in [3.05, 3.63) is 23.8 Å². The highest BCUT2D eigenvalue weighted by molar-refractivity contribution is 7.99. The molecule has 6 nitrogen and oxygen atoms in total. The van der Waals surface area contributed by atoms with Gasteiger partial charge in [-0.15, -0.1) is 11.8 Å². The predicted molar refractivity (Wildman–Crippen MR) is 96.5 cm³/mol. The van der Waals surface area contributed by atoms with E-state index in [9.17, 15) is 4.79 Å². The Bertz CT molecular complexity index is 595. The van der Waals surface area contributed by atoms with E-state index in [-0.39, 0.29) is 11.2 Å². The van der Waals surface area contributed by atoms with Gasteiger partial charge in [-0.1, -0.05) is 13.8 Å². The molecule has 0 bridgehead atoms. The van der Waals surface area contributed by atoms with Crippen molar-refractivity contribution in [2.75, 3.05) is 38.9 Å². The van der Waals surface area contributed by atoms with Gasteiger partial charge in [0.05, 0.1) is 38.9 Å². The van der Waals surface area contributed by atoms with Gasteiger partial charge in [0.2, 0.25) is 5.79 Å². The number of ether oxygens (including phenoxy) is 4. The molecule has 1 fully saturated rings. The number of carbonyl (C=O) groups is 1. The third-order valence-corrected chi connectivity index (χ3v) is 5.54. The second-order valence-electron chi connectivity index (χ2n) is 6.45. The molecule has 0 amide bonds. The molecule has 0 atom stereocenters. The summed E-state index contributed by atoms with van der Waals surface area (Å²) in [6, 6.07) is 5.50. The largest absolute Gasteiger partial charge is 0.493 e.